The molecular formula is C22H23ClFN3O. The third kappa shape index (κ3) is 3.80. The normalized spacial score (nSPS) is 15.4. The predicted octanol–water partition coefficient (Wildman–Crippen LogP) is 5.26. The lowest BCUT2D eigenvalue weighted by Gasteiger charge is -2.42. The fourth-order valence-electron chi connectivity index (χ4n) is 3.66. The molecule has 0 saturated heterocycles. The average Bonchev–Trinajstić information content (AvgIpc) is 2.62. The Hall–Kier alpha value is -2.66. The number of fused-ring (bicyclic) bond motifs is 1. The van der Waals surface area contributed by atoms with E-state index in [2.05, 4.69) is 42.3 Å². The zero-order valence-corrected chi connectivity index (χ0v) is 17.1. The summed E-state index contributed by atoms with van der Waals surface area (Å²) in [5.41, 5.74) is 5.74. The molecule has 3 rings (SSSR count). The highest BCUT2D eigenvalue weighted by atomic mass is 35.5. The summed E-state index contributed by atoms with van der Waals surface area (Å²) in [7, 11) is 0. The average molecular weight is 400 g/mol. The molecule has 6 heteroatoms. The Kier molecular flexibility index (Phi) is 5.57. The number of carbonyl (C=O) groups excluding carboxylic acids is 1. The van der Waals surface area contributed by atoms with Crippen molar-refractivity contribution in [3.8, 4) is 0 Å². The molecule has 0 radical (unpaired) electrons. The number of anilines is 1. The van der Waals surface area contributed by atoms with Gasteiger partial charge in [-0.2, -0.15) is 5.10 Å². The molecule has 146 valence electrons. The molecule has 1 aliphatic heterocycles. The highest BCUT2D eigenvalue weighted by Gasteiger charge is 2.30. The van der Waals surface area contributed by atoms with Crippen molar-refractivity contribution in [3.63, 3.8) is 0 Å². The van der Waals surface area contributed by atoms with Crippen molar-refractivity contribution in [2.75, 3.05) is 11.4 Å². The SMILES string of the molecule is CCN1c2cc(F)c(/C=N\NC(=O)c3ccccc3Cl)cc2C(C)=CC1(C)C. The van der Waals surface area contributed by atoms with Crippen LogP contribution in [0.2, 0.25) is 5.02 Å². The summed E-state index contributed by atoms with van der Waals surface area (Å²) in [6.07, 6.45) is 3.49. The van der Waals surface area contributed by atoms with E-state index in [1.54, 1.807) is 30.3 Å². The smallest absolute Gasteiger partial charge is 0.272 e. The number of benzene rings is 2. The summed E-state index contributed by atoms with van der Waals surface area (Å²) >= 11 is 6.00. The largest absolute Gasteiger partial charge is 0.363 e. The van der Waals surface area contributed by atoms with Crippen LogP contribution in [0, 0.1) is 5.82 Å². The van der Waals surface area contributed by atoms with Crippen LogP contribution in [0.3, 0.4) is 0 Å². The predicted molar refractivity (Wildman–Crippen MR) is 114 cm³/mol. The number of halogens is 2. The molecule has 2 aromatic carbocycles. The van der Waals surface area contributed by atoms with E-state index in [0.717, 1.165) is 23.4 Å². The molecule has 0 bridgehead atoms. The first-order valence-electron chi connectivity index (χ1n) is 9.13. The zero-order chi connectivity index (χ0) is 20.5. The van der Waals surface area contributed by atoms with Gasteiger partial charge in [0.25, 0.3) is 5.91 Å². The number of nitrogens with zero attached hydrogens (tertiary/aromatic N) is 2. The van der Waals surface area contributed by atoms with E-state index >= 15 is 0 Å². The third-order valence-electron chi connectivity index (χ3n) is 4.90. The molecule has 2 aromatic rings. The van der Waals surface area contributed by atoms with E-state index in [-0.39, 0.29) is 5.54 Å². The van der Waals surface area contributed by atoms with Gasteiger partial charge in [0.1, 0.15) is 5.82 Å². The summed E-state index contributed by atoms with van der Waals surface area (Å²) in [6.45, 7) is 9.06. The lowest BCUT2D eigenvalue weighted by Crippen LogP contribution is -2.45. The van der Waals surface area contributed by atoms with Gasteiger partial charge in [-0.05, 0) is 57.5 Å². The van der Waals surface area contributed by atoms with Crippen molar-refractivity contribution >= 4 is 35.0 Å². The topological polar surface area (TPSA) is 44.7 Å². The Morgan fingerprint density at radius 1 is 1.32 bits per heavy atom. The maximum atomic E-state index is 14.7. The van der Waals surface area contributed by atoms with Crippen LogP contribution in [0.15, 0.2) is 47.6 Å². The van der Waals surface area contributed by atoms with E-state index in [9.17, 15) is 9.18 Å². The van der Waals surface area contributed by atoms with E-state index in [0.29, 0.717) is 16.1 Å². The van der Waals surface area contributed by atoms with Crippen LogP contribution in [0.25, 0.3) is 5.57 Å². The summed E-state index contributed by atoms with van der Waals surface area (Å²) < 4.78 is 14.7. The molecule has 0 unspecified atom stereocenters. The fourth-order valence-corrected chi connectivity index (χ4v) is 3.88. The molecule has 0 aromatic heterocycles. The number of nitrogens with one attached hydrogen (secondary N) is 1. The van der Waals surface area contributed by atoms with E-state index in [1.165, 1.54) is 12.3 Å². The Morgan fingerprint density at radius 2 is 2.04 bits per heavy atom. The zero-order valence-electron chi connectivity index (χ0n) is 16.4. The van der Waals surface area contributed by atoms with E-state index < -0.39 is 11.7 Å². The van der Waals surface area contributed by atoms with Crippen molar-refractivity contribution in [2.45, 2.75) is 33.2 Å². The van der Waals surface area contributed by atoms with Gasteiger partial charge >= 0.3 is 0 Å². The Labute approximate surface area is 169 Å². The minimum atomic E-state index is -0.449. The van der Waals surface area contributed by atoms with Crippen LogP contribution in [-0.2, 0) is 0 Å². The van der Waals surface area contributed by atoms with Gasteiger partial charge in [0.05, 0.1) is 22.3 Å². The summed E-state index contributed by atoms with van der Waals surface area (Å²) in [5, 5.41) is 4.24. The molecule has 1 N–H and O–H groups in total. The first-order valence-corrected chi connectivity index (χ1v) is 9.51. The standard InChI is InChI=1S/C22H23ClFN3O/c1-5-27-20-11-19(24)15(10-17(20)14(2)12-22(27,3)4)13-25-26-21(28)16-8-6-7-9-18(16)23/h6-13H,5H2,1-4H3,(H,26,28)/b25-13-. The maximum absolute atomic E-state index is 14.7. The molecule has 0 spiro atoms. The first kappa shape index (κ1) is 20.1. The highest BCUT2D eigenvalue weighted by Crippen LogP contribution is 2.39. The number of hydrogen-bond acceptors (Lipinski definition) is 3. The number of allylic oxidation sites excluding steroid dienone is 1. The molecule has 28 heavy (non-hydrogen) atoms. The van der Waals surface area contributed by atoms with E-state index in [1.807, 2.05) is 6.92 Å². The monoisotopic (exact) mass is 399 g/mol. The van der Waals surface area contributed by atoms with Gasteiger partial charge in [0.2, 0.25) is 0 Å². The second kappa shape index (κ2) is 7.76. The summed E-state index contributed by atoms with van der Waals surface area (Å²) in [4.78, 5) is 14.3. The molecular weight excluding hydrogens is 377 g/mol. The Bertz CT molecular complexity index is 982. The highest BCUT2D eigenvalue weighted by molar-refractivity contribution is 6.33. The molecule has 1 heterocycles. The minimum Gasteiger partial charge on any atom is -0.363 e. The van der Waals surface area contributed by atoms with Gasteiger partial charge in [0, 0.05) is 23.4 Å². The number of carbonyl (C=O) groups is 1. The molecule has 1 amide bonds. The molecule has 0 aliphatic carbocycles. The minimum absolute atomic E-state index is 0.184. The molecule has 0 atom stereocenters. The van der Waals surface area contributed by atoms with Gasteiger partial charge < -0.3 is 4.90 Å². The number of hydrazone groups is 1. The summed E-state index contributed by atoms with van der Waals surface area (Å²) in [5.74, 6) is -0.839. The maximum Gasteiger partial charge on any atom is 0.272 e. The van der Waals surface area contributed by atoms with Gasteiger partial charge in [-0.3, -0.25) is 4.79 Å². The van der Waals surface area contributed by atoms with Gasteiger partial charge in [-0.15, -0.1) is 0 Å². The van der Waals surface area contributed by atoms with Crippen molar-refractivity contribution < 1.29 is 9.18 Å². The van der Waals surface area contributed by atoms with E-state index in [4.69, 9.17) is 11.6 Å². The Morgan fingerprint density at radius 3 is 2.71 bits per heavy atom. The second-order valence-electron chi connectivity index (χ2n) is 7.30. The van der Waals surface area contributed by atoms with Crippen LogP contribution in [0.1, 0.15) is 49.2 Å². The number of likely N-dealkylation sites (N-methyl/N-ethyl adjacent to an activating group) is 1. The van der Waals surface area contributed by atoms with Crippen LogP contribution in [0.4, 0.5) is 10.1 Å². The second-order valence-corrected chi connectivity index (χ2v) is 7.70. The molecule has 1 aliphatic rings. The lowest BCUT2D eigenvalue weighted by atomic mass is 9.88. The first-order chi connectivity index (χ1) is 13.2. The third-order valence-corrected chi connectivity index (χ3v) is 5.23. The Balaban J connectivity index is 1.87. The van der Waals surface area contributed by atoms with Crippen molar-refractivity contribution in [3.05, 3.63) is 70.0 Å². The van der Waals surface area contributed by atoms with Crippen LogP contribution in [0.5, 0.6) is 0 Å². The number of amides is 1. The van der Waals surface area contributed by atoms with Crippen molar-refractivity contribution in [2.24, 2.45) is 5.10 Å². The van der Waals surface area contributed by atoms with Crippen LogP contribution >= 0.6 is 11.6 Å². The van der Waals surface area contributed by atoms with Crippen molar-refractivity contribution in [1.29, 1.82) is 0 Å². The van der Waals surface area contributed by atoms with Gasteiger partial charge in [0.15, 0.2) is 0 Å². The summed E-state index contributed by atoms with van der Waals surface area (Å²) in [6, 6.07) is 9.97. The van der Waals surface area contributed by atoms with Crippen LogP contribution < -0.4 is 10.3 Å². The van der Waals surface area contributed by atoms with Gasteiger partial charge in [-0.25, -0.2) is 9.82 Å². The quantitative estimate of drug-likeness (QED) is 0.562. The van der Waals surface area contributed by atoms with Gasteiger partial charge in [-0.1, -0.05) is 29.8 Å². The molecule has 4 nitrogen and oxygen atoms in total. The number of hydrogen-bond donors (Lipinski definition) is 1. The van der Waals surface area contributed by atoms with Crippen LogP contribution in [-0.4, -0.2) is 24.2 Å². The molecule has 0 saturated carbocycles. The lowest BCUT2D eigenvalue weighted by molar-refractivity contribution is 0.0955. The number of rotatable bonds is 4. The fraction of sp³-hybridized carbons (Fsp3) is 0.273. The molecule has 0 fully saturated rings. The van der Waals surface area contributed by atoms with Crippen molar-refractivity contribution in [1.82, 2.24) is 5.43 Å².